The molecule has 6 heteroatoms. The van der Waals surface area contributed by atoms with Gasteiger partial charge in [0.15, 0.2) is 0 Å². The number of halogens is 1. The summed E-state index contributed by atoms with van der Waals surface area (Å²) < 4.78 is 0. The number of hydrogen-bond acceptors (Lipinski definition) is 3. The van der Waals surface area contributed by atoms with Crippen molar-refractivity contribution < 1.29 is 9.59 Å². The van der Waals surface area contributed by atoms with Gasteiger partial charge in [-0.05, 0) is 42.3 Å². The zero-order valence-electron chi connectivity index (χ0n) is 15.5. The van der Waals surface area contributed by atoms with Gasteiger partial charge in [-0.25, -0.2) is 0 Å². The largest absolute Gasteiger partial charge is 0.377 e. The number of carbonyl (C=O) groups is 2. The first-order valence-corrected chi connectivity index (χ1v) is 8.82. The SMILES string of the molecule is CC(C)CNC(=O)c1cc(NC(=O)c2cccc(Cl)c2)ccc1N(C)C. The van der Waals surface area contributed by atoms with Crippen molar-refractivity contribution in [3.63, 3.8) is 0 Å². The van der Waals surface area contributed by atoms with E-state index in [4.69, 9.17) is 11.6 Å². The first-order valence-electron chi connectivity index (χ1n) is 8.44. The van der Waals surface area contributed by atoms with Gasteiger partial charge in [-0.2, -0.15) is 0 Å². The number of nitrogens with zero attached hydrogens (tertiary/aromatic N) is 1. The number of carbonyl (C=O) groups excluding carboxylic acids is 2. The Morgan fingerprint density at radius 1 is 1.08 bits per heavy atom. The number of nitrogens with one attached hydrogen (secondary N) is 2. The predicted molar refractivity (Wildman–Crippen MR) is 107 cm³/mol. The van der Waals surface area contributed by atoms with E-state index in [-0.39, 0.29) is 11.8 Å². The van der Waals surface area contributed by atoms with Crippen LogP contribution in [-0.4, -0.2) is 32.5 Å². The average molecular weight is 374 g/mol. The fourth-order valence-corrected chi connectivity index (χ4v) is 2.60. The maximum atomic E-state index is 12.6. The summed E-state index contributed by atoms with van der Waals surface area (Å²) in [5.41, 5.74) is 2.31. The van der Waals surface area contributed by atoms with E-state index < -0.39 is 0 Å². The van der Waals surface area contributed by atoms with Gasteiger partial charge in [-0.1, -0.05) is 31.5 Å². The van der Waals surface area contributed by atoms with Crippen molar-refractivity contribution in [3.8, 4) is 0 Å². The number of rotatable bonds is 6. The standard InChI is InChI=1S/C20H24ClN3O2/c1-13(2)12-22-20(26)17-11-16(8-9-18(17)24(3)4)23-19(25)14-6-5-7-15(21)10-14/h5-11,13H,12H2,1-4H3,(H,22,26)(H,23,25). The average Bonchev–Trinajstić information content (AvgIpc) is 2.59. The lowest BCUT2D eigenvalue weighted by Gasteiger charge is -2.19. The van der Waals surface area contributed by atoms with Crippen LogP contribution in [0.3, 0.4) is 0 Å². The minimum atomic E-state index is -0.279. The monoisotopic (exact) mass is 373 g/mol. The fourth-order valence-electron chi connectivity index (χ4n) is 2.41. The van der Waals surface area contributed by atoms with Crippen LogP contribution < -0.4 is 15.5 Å². The molecule has 26 heavy (non-hydrogen) atoms. The topological polar surface area (TPSA) is 61.4 Å². The lowest BCUT2D eigenvalue weighted by molar-refractivity contribution is 0.0948. The molecular weight excluding hydrogens is 350 g/mol. The molecule has 0 aliphatic carbocycles. The Balaban J connectivity index is 2.25. The van der Waals surface area contributed by atoms with Crippen LogP contribution in [0.2, 0.25) is 5.02 Å². The Bertz CT molecular complexity index is 803. The first-order chi connectivity index (χ1) is 12.3. The van der Waals surface area contributed by atoms with Crippen molar-refractivity contribution >= 4 is 34.8 Å². The van der Waals surface area contributed by atoms with Crippen LogP contribution in [0.1, 0.15) is 34.6 Å². The van der Waals surface area contributed by atoms with Crippen molar-refractivity contribution in [1.29, 1.82) is 0 Å². The summed E-state index contributed by atoms with van der Waals surface area (Å²) in [7, 11) is 3.75. The van der Waals surface area contributed by atoms with Crippen LogP contribution in [0.15, 0.2) is 42.5 Å². The van der Waals surface area contributed by atoms with Crippen molar-refractivity contribution in [2.75, 3.05) is 30.9 Å². The van der Waals surface area contributed by atoms with Gasteiger partial charge < -0.3 is 15.5 Å². The molecular formula is C20H24ClN3O2. The molecule has 0 atom stereocenters. The van der Waals surface area contributed by atoms with Crippen LogP contribution in [-0.2, 0) is 0 Å². The van der Waals surface area contributed by atoms with E-state index >= 15 is 0 Å². The van der Waals surface area contributed by atoms with E-state index in [1.54, 1.807) is 36.4 Å². The van der Waals surface area contributed by atoms with Crippen LogP contribution in [0.4, 0.5) is 11.4 Å². The molecule has 0 aromatic heterocycles. The normalized spacial score (nSPS) is 10.5. The third kappa shape index (κ3) is 5.23. The summed E-state index contributed by atoms with van der Waals surface area (Å²) in [6.45, 7) is 4.66. The van der Waals surface area contributed by atoms with E-state index in [9.17, 15) is 9.59 Å². The van der Waals surface area contributed by atoms with Gasteiger partial charge in [0, 0.05) is 42.6 Å². The quantitative estimate of drug-likeness (QED) is 0.803. The molecule has 0 saturated carbocycles. The fraction of sp³-hybridized carbons (Fsp3) is 0.300. The highest BCUT2D eigenvalue weighted by Crippen LogP contribution is 2.24. The molecule has 0 radical (unpaired) electrons. The van der Waals surface area contributed by atoms with Gasteiger partial charge in [0.25, 0.3) is 11.8 Å². The highest BCUT2D eigenvalue weighted by molar-refractivity contribution is 6.31. The number of hydrogen-bond donors (Lipinski definition) is 2. The Morgan fingerprint density at radius 3 is 2.42 bits per heavy atom. The molecule has 2 amide bonds. The first kappa shape index (κ1) is 19.8. The third-order valence-electron chi connectivity index (χ3n) is 3.74. The highest BCUT2D eigenvalue weighted by Gasteiger charge is 2.15. The smallest absolute Gasteiger partial charge is 0.255 e. The van der Waals surface area contributed by atoms with E-state index in [1.807, 2.05) is 38.9 Å². The zero-order valence-corrected chi connectivity index (χ0v) is 16.2. The summed E-state index contributed by atoms with van der Waals surface area (Å²) in [5, 5.41) is 6.23. The molecule has 0 spiro atoms. The number of benzene rings is 2. The van der Waals surface area contributed by atoms with E-state index in [0.29, 0.717) is 34.3 Å². The van der Waals surface area contributed by atoms with Gasteiger partial charge in [0.1, 0.15) is 0 Å². The maximum Gasteiger partial charge on any atom is 0.255 e. The minimum Gasteiger partial charge on any atom is -0.377 e. The van der Waals surface area contributed by atoms with Crippen molar-refractivity contribution in [2.24, 2.45) is 5.92 Å². The van der Waals surface area contributed by atoms with Gasteiger partial charge in [-0.15, -0.1) is 0 Å². The second kappa shape index (κ2) is 8.72. The molecule has 2 rings (SSSR count). The summed E-state index contributed by atoms with van der Waals surface area (Å²) in [5.74, 6) is -0.0904. The molecule has 0 aliphatic rings. The number of amides is 2. The van der Waals surface area contributed by atoms with Crippen molar-refractivity contribution in [1.82, 2.24) is 5.32 Å². The van der Waals surface area contributed by atoms with Crippen LogP contribution in [0.25, 0.3) is 0 Å². The minimum absolute atomic E-state index is 0.166. The van der Waals surface area contributed by atoms with E-state index in [1.165, 1.54) is 0 Å². The van der Waals surface area contributed by atoms with Crippen LogP contribution >= 0.6 is 11.6 Å². The van der Waals surface area contributed by atoms with Gasteiger partial charge in [0.2, 0.25) is 0 Å². The molecule has 2 N–H and O–H groups in total. The molecule has 2 aromatic carbocycles. The van der Waals surface area contributed by atoms with Gasteiger partial charge in [0.05, 0.1) is 5.56 Å². The van der Waals surface area contributed by atoms with Crippen molar-refractivity contribution in [3.05, 3.63) is 58.6 Å². The second-order valence-electron chi connectivity index (χ2n) is 6.69. The Kier molecular flexibility index (Phi) is 6.64. The predicted octanol–water partition coefficient (Wildman–Crippen LogP) is 4.04. The van der Waals surface area contributed by atoms with Crippen molar-refractivity contribution in [2.45, 2.75) is 13.8 Å². The van der Waals surface area contributed by atoms with Crippen LogP contribution in [0.5, 0.6) is 0 Å². The third-order valence-corrected chi connectivity index (χ3v) is 3.97. The molecule has 0 fully saturated rings. The molecule has 0 unspecified atom stereocenters. The Hall–Kier alpha value is -2.53. The lowest BCUT2D eigenvalue weighted by atomic mass is 10.1. The summed E-state index contributed by atoms with van der Waals surface area (Å²) in [6.07, 6.45) is 0. The molecule has 0 aliphatic heterocycles. The molecule has 2 aromatic rings. The molecule has 0 saturated heterocycles. The molecule has 0 bridgehead atoms. The molecule has 138 valence electrons. The van der Waals surface area contributed by atoms with E-state index in [0.717, 1.165) is 5.69 Å². The van der Waals surface area contributed by atoms with E-state index in [2.05, 4.69) is 10.6 Å². The Labute approximate surface area is 159 Å². The van der Waals surface area contributed by atoms with Gasteiger partial charge in [-0.3, -0.25) is 9.59 Å². The Morgan fingerprint density at radius 2 is 1.81 bits per heavy atom. The summed E-state index contributed by atoms with van der Waals surface area (Å²) in [4.78, 5) is 26.8. The summed E-state index contributed by atoms with van der Waals surface area (Å²) in [6, 6.07) is 12.0. The molecule has 0 heterocycles. The maximum absolute atomic E-state index is 12.6. The molecule has 5 nitrogen and oxygen atoms in total. The number of anilines is 2. The lowest BCUT2D eigenvalue weighted by Crippen LogP contribution is -2.29. The summed E-state index contributed by atoms with van der Waals surface area (Å²) >= 11 is 5.94. The second-order valence-corrected chi connectivity index (χ2v) is 7.13. The van der Waals surface area contributed by atoms with Crippen LogP contribution in [0, 0.1) is 5.92 Å². The zero-order chi connectivity index (χ0) is 19.3. The van der Waals surface area contributed by atoms with Gasteiger partial charge >= 0.3 is 0 Å². The highest BCUT2D eigenvalue weighted by atomic mass is 35.5.